The van der Waals surface area contributed by atoms with Gasteiger partial charge in [-0.25, -0.2) is 0 Å². The van der Waals surface area contributed by atoms with Gasteiger partial charge in [0.1, 0.15) is 0 Å². The highest BCUT2D eigenvalue weighted by Crippen LogP contribution is 2.17. The highest BCUT2D eigenvalue weighted by Gasteiger charge is 2.20. The van der Waals surface area contributed by atoms with Gasteiger partial charge in [-0.3, -0.25) is 9.59 Å². The van der Waals surface area contributed by atoms with Crippen LogP contribution in [0.1, 0.15) is 296 Å². The van der Waals surface area contributed by atoms with Crippen LogP contribution in [0.3, 0.4) is 0 Å². The van der Waals surface area contributed by atoms with Crippen LogP contribution in [0.15, 0.2) is 24.3 Å². The Hall–Kier alpha value is -1.66. The summed E-state index contributed by atoms with van der Waals surface area (Å²) in [5, 5.41) is 23.3. The van der Waals surface area contributed by atoms with E-state index in [9.17, 15) is 19.8 Å². The number of unbranched alkanes of at least 4 members (excludes halogenated alkanes) is 36. The lowest BCUT2D eigenvalue weighted by atomic mass is 10.0. The molecule has 0 rings (SSSR count). The van der Waals surface area contributed by atoms with E-state index < -0.39 is 12.1 Å². The van der Waals surface area contributed by atoms with E-state index in [2.05, 4.69) is 43.5 Å². The molecule has 0 aliphatic heterocycles. The molecule has 0 saturated carbocycles. The number of carbonyl (C=O) groups is 2. The first kappa shape index (κ1) is 60.3. The van der Waals surface area contributed by atoms with Crippen LogP contribution in [0.2, 0.25) is 0 Å². The first-order valence-corrected chi connectivity index (χ1v) is 27.6. The molecule has 62 heavy (non-hydrogen) atoms. The van der Waals surface area contributed by atoms with Crippen molar-refractivity contribution in [3.8, 4) is 0 Å². The minimum absolute atomic E-state index is 0.0240. The molecule has 0 bridgehead atoms. The van der Waals surface area contributed by atoms with E-state index in [0.717, 1.165) is 70.6 Å². The van der Waals surface area contributed by atoms with Gasteiger partial charge in [-0.2, -0.15) is 0 Å². The van der Waals surface area contributed by atoms with E-state index in [4.69, 9.17) is 4.74 Å². The van der Waals surface area contributed by atoms with Gasteiger partial charge in [0.15, 0.2) is 0 Å². The zero-order valence-corrected chi connectivity index (χ0v) is 41.6. The monoisotopic (exact) mass is 874 g/mol. The first-order chi connectivity index (χ1) is 30.5. The number of aliphatic hydroxyl groups excluding tert-OH is 2. The summed E-state index contributed by atoms with van der Waals surface area (Å²) in [5.74, 6) is -0.0733. The quantitative estimate of drug-likeness (QED) is 0.0321. The second-order valence-electron chi connectivity index (χ2n) is 18.9. The fraction of sp³-hybridized carbons (Fsp3) is 0.893. The van der Waals surface area contributed by atoms with Crippen LogP contribution in [0.25, 0.3) is 0 Å². The van der Waals surface area contributed by atoms with Gasteiger partial charge < -0.3 is 20.3 Å². The molecule has 0 radical (unpaired) electrons. The fourth-order valence-electron chi connectivity index (χ4n) is 8.50. The fourth-order valence-corrected chi connectivity index (χ4v) is 8.50. The second kappa shape index (κ2) is 52.0. The highest BCUT2D eigenvalue weighted by molar-refractivity contribution is 5.76. The molecule has 6 nitrogen and oxygen atoms in total. The minimum Gasteiger partial charge on any atom is -0.466 e. The van der Waals surface area contributed by atoms with Crippen LogP contribution in [0.4, 0.5) is 0 Å². The van der Waals surface area contributed by atoms with Crippen molar-refractivity contribution in [3.63, 3.8) is 0 Å². The molecule has 0 aliphatic carbocycles. The molecule has 3 N–H and O–H groups in total. The summed E-state index contributed by atoms with van der Waals surface area (Å²) in [7, 11) is 0. The molecular formula is C56H107NO5. The predicted octanol–water partition coefficient (Wildman–Crippen LogP) is 16.7. The normalized spacial score (nSPS) is 12.8. The lowest BCUT2D eigenvalue weighted by molar-refractivity contribution is -0.143. The molecule has 0 aromatic carbocycles. The lowest BCUT2D eigenvalue weighted by Crippen LogP contribution is -2.45. The summed E-state index contributed by atoms with van der Waals surface area (Å²) in [5.41, 5.74) is 0. The van der Waals surface area contributed by atoms with Crippen LogP contribution in [-0.4, -0.2) is 47.4 Å². The maximum atomic E-state index is 12.5. The molecule has 0 saturated heterocycles. The number of carbonyl (C=O) groups excluding carboxylic acids is 2. The average molecular weight is 874 g/mol. The van der Waals surface area contributed by atoms with Gasteiger partial charge in [0.2, 0.25) is 5.91 Å². The molecule has 0 aromatic rings. The number of hydrogen-bond donors (Lipinski definition) is 3. The van der Waals surface area contributed by atoms with E-state index in [1.165, 1.54) is 193 Å². The number of ether oxygens (including phenoxy) is 1. The molecule has 0 aliphatic rings. The Morgan fingerprint density at radius 3 is 1.29 bits per heavy atom. The van der Waals surface area contributed by atoms with Crippen molar-refractivity contribution in [1.82, 2.24) is 5.32 Å². The summed E-state index contributed by atoms with van der Waals surface area (Å²) in [6, 6.07) is -0.554. The predicted molar refractivity (Wildman–Crippen MR) is 269 cm³/mol. The van der Waals surface area contributed by atoms with Gasteiger partial charge in [0.05, 0.1) is 25.4 Å². The number of allylic oxidation sites excluding steroid dienone is 4. The number of esters is 1. The summed E-state index contributed by atoms with van der Waals surface area (Å²) in [6.45, 7) is 4.86. The molecular weight excluding hydrogens is 767 g/mol. The zero-order chi connectivity index (χ0) is 45.1. The van der Waals surface area contributed by atoms with Gasteiger partial charge in [-0.15, -0.1) is 0 Å². The van der Waals surface area contributed by atoms with E-state index in [1.54, 1.807) is 0 Å². The number of nitrogens with one attached hydrogen (secondary N) is 1. The van der Waals surface area contributed by atoms with Crippen LogP contribution >= 0.6 is 0 Å². The van der Waals surface area contributed by atoms with Crippen molar-refractivity contribution in [2.24, 2.45) is 0 Å². The molecule has 0 aromatic heterocycles. The van der Waals surface area contributed by atoms with Crippen molar-refractivity contribution < 1.29 is 24.5 Å². The maximum absolute atomic E-state index is 12.5. The van der Waals surface area contributed by atoms with Crippen molar-refractivity contribution in [2.75, 3.05) is 13.2 Å². The average Bonchev–Trinajstić information content (AvgIpc) is 3.27. The standard InChI is InChI=1S/C56H107NO5/c1-3-5-7-9-11-13-15-17-18-19-20-21-22-23-25-28-32-36-40-44-48-54(59)53(52-58)57-55(60)49-45-41-37-33-29-26-27-31-35-39-43-47-51-62-56(61)50-46-42-38-34-30-24-16-14-12-10-8-6-4-2/h8,10,14,16,53-54,58-59H,3-7,9,11-13,15,17-52H2,1-2H3,(H,57,60)/b10-8-,16-14-. The topological polar surface area (TPSA) is 95.9 Å². The molecule has 366 valence electrons. The Balaban J connectivity index is 3.47. The summed E-state index contributed by atoms with van der Waals surface area (Å²) < 4.78 is 5.45. The number of hydrogen-bond acceptors (Lipinski definition) is 5. The third-order valence-corrected chi connectivity index (χ3v) is 12.7. The molecule has 6 heteroatoms. The Kier molecular flexibility index (Phi) is 50.6. The van der Waals surface area contributed by atoms with E-state index in [-0.39, 0.29) is 18.5 Å². The highest BCUT2D eigenvalue weighted by atomic mass is 16.5. The largest absolute Gasteiger partial charge is 0.466 e. The second-order valence-corrected chi connectivity index (χ2v) is 18.9. The van der Waals surface area contributed by atoms with Gasteiger partial charge in [-0.1, -0.05) is 256 Å². The van der Waals surface area contributed by atoms with Crippen molar-refractivity contribution in [3.05, 3.63) is 24.3 Å². The molecule has 2 unspecified atom stereocenters. The van der Waals surface area contributed by atoms with Crippen LogP contribution < -0.4 is 5.32 Å². The Morgan fingerprint density at radius 1 is 0.452 bits per heavy atom. The third kappa shape index (κ3) is 47.8. The maximum Gasteiger partial charge on any atom is 0.305 e. The molecule has 0 fully saturated rings. The van der Waals surface area contributed by atoms with Crippen molar-refractivity contribution in [2.45, 2.75) is 309 Å². The molecule has 1 amide bonds. The lowest BCUT2D eigenvalue weighted by Gasteiger charge is -2.22. The number of amides is 1. The Morgan fingerprint density at radius 2 is 0.839 bits per heavy atom. The van der Waals surface area contributed by atoms with E-state index in [0.29, 0.717) is 25.9 Å². The number of rotatable bonds is 51. The van der Waals surface area contributed by atoms with Crippen LogP contribution in [0.5, 0.6) is 0 Å². The van der Waals surface area contributed by atoms with Gasteiger partial charge in [0, 0.05) is 12.8 Å². The van der Waals surface area contributed by atoms with Crippen molar-refractivity contribution >= 4 is 11.9 Å². The zero-order valence-electron chi connectivity index (χ0n) is 41.6. The minimum atomic E-state index is -0.676. The van der Waals surface area contributed by atoms with Crippen LogP contribution in [0, 0.1) is 0 Å². The summed E-state index contributed by atoms with van der Waals surface area (Å²) in [6.07, 6.45) is 61.5. The first-order valence-electron chi connectivity index (χ1n) is 27.6. The molecule has 0 heterocycles. The van der Waals surface area contributed by atoms with Gasteiger partial charge in [-0.05, 0) is 51.4 Å². The van der Waals surface area contributed by atoms with E-state index in [1.807, 2.05) is 0 Å². The van der Waals surface area contributed by atoms with Crippen LogP contribution in [-0.2, 0) is 14.3 Å². The summed E-state index contributed by atoms with van der Waals surface area (Å²) >= 11 is 0. The molecule has 2 atom stereocenters. The number of aliphatic hydroxyl groups is 2. The SMILES string of the molecule is CCC/C=C\C/C=C\CCCCCCCC(=O)OCCCCCCCCCCCCCCC(=O)NC(CO)C(O)CCCCCCCCCCCCCCCCCCCCCC. The third-order valence-electron chi connectivity index (χ3n) is 12.7. The Bertz CT molecular complexity index is 966. The Labute approximate surface area is 386 Å². The van der Waals surface area contributed by atoms with E-state index >= 15 is 0 Å². The smallest absolute Gasteiger partial charge is 0.305 e. The van der Waals surface area contributed by atoms with Crippen molar-refractivity contribution in [1.29, 1.82) is 0 Å². The van der Waals surface area contributed by atoms with Gasteiger partial charge >= 0.3 is 5.97 Å². The summed E-state index contributed by atoms with van der Waals surface area (Å²) in [4.78, 5) is 24.5. The van der Waals surface area contributed by atoms with Gasteiger partial charge in [0.25, 0.3) is 0 Å². The molecule has 0 spiro atoms.